The number of nitrogens with one attached hydrogen (secondary N) is 4. The minimum atomic E-state index is -2.87. The number of benzene rings is 5. The predicted molar refractivity (Wildman–Crippen MR) is 258 cm³/mol. The quantitative estimate of drug-likeness (QED) is 0.0939. The van der Waals surface area contributed by atoms with E-state index in [9.17, 15) is 28.0 Å². The van der Waals surface area contributed by atoms with Crippen LogP contribution in [0.1, 0.15) is 81.8 Å². The lowest BCUT2D eigenvalue weighted by atomic mass is 9.80. The second-order valence-corrected chi connectivity index (χ2v) is 19.6. The number of alkyl halides is 2. The van der Waals surface area contributed by atoms with Crippen molar-refractivity contribution >= 4 is 67.4 Å². The van der Waals surface area contributed by atoms with Crippen LogP contribution in [0, 0.1) is 23.7 Å². The molecule has 0 bridgehead atoms. The van der Waals surface area contributed by atoms with Crippen molar-refractivity contribution in [1.82, 2.24) is 40.4 Å². The van der Waals surface area contributed by atoms with Gasteiger partial charge in [0.05, 0.1) is 47.9 Å². The van der Waals surface area contributed by atoms with Gasteiger partial charge in [0, 0.05) is 55.6 Å². The van der Waals surface area contributed by atoms with Gasteiger partial charge in [-0.3, -0.25) is 14.4 Å². The van der Waals surface area contributed by atoms with E-state index in [1.165, 1.54) is 7.11 Å². The Hall–Kier alpha value is -6.94. The number of nitrogens with zero attached hydrogens (tertiary/aromatic N) is 4. The third kappa shape index (κ3) is 8.75. The zero-order valence-electron chi connectivity index (χ0n) is 39.2. The van der Waals surface area contributed by atoms with Gasteiger partial charge in [-0.1, -0.05) is 87.5 Å². The van der Waals surface area contributed by atoms with Gasteiger partial charge in [-0.25, -0.2) is 23.5 Å². The summed E-state index contributed by atoms with van der Waals surface area (Å²) in [6, 6.07) is 27.2. The van der Waals surface area contributed by atoms with E-state index in [2.05, 4.69) is 76.1 Å². The lowest BCUT2D eigenvalue weighted by Crippen LogP contribution is -2.51. The minimum absolute atomic E-state index is 0.0000346. The van der Waals surface area contributed by atoms with E-state index < -0.39 is 54.8 Å². The first kappa shape index (κ1) is 45.8. The first-order chi connectivity index (χ1) is 33.2. The number of halogens is 2. The molecule has 3 aliphatic rings. The Morgan fingerprint density at radius 1 is 0.754 bits per heavy atom. The lowest BCUT2D eigenvalue weighted by Gasteiger charge is -2.35. The fourth-order valence-electron chi connectivity index (χ4n) is 10.7. The Morgan fingerprint density at radius 3 is 1.88 bits per heavy atom. The van der Waals surface area contributed by atoms with E-state index in [0.717, 1.165) is 61.2 Å². The molecule has 1 aliphatic carbocycles. The highest BCUT2D eigenvalue weighted by Gasteiger charge is 2.50. The lowest BCUT2D eigenvalue weighted by molar-refractivity contribution is -0.153. The molecule has 0 spiro atoms. The van der Waals surface area contributed by atoms with Crippen molar-refractivity contribution in [3.63, 3.8) is 0 Å². The number of amides is 4. The van der Waals surface area contributed by atoms with E-state index in [1.54, 1.807) is 36.3 Å². The maximum atomic E-state index is 14.6. The van der Waals surface area contributed by atoms with E-state index in [4.69, 9.17) is 19.4 Å². The number of carbonyl (C=O) groups excluding carboxylic acids is 4. The van der Waals surface area contributed by atoms with Crippen LogP contribution in [0.4, 0.5) is 13.6 Å². The van der Waals surface area contributed by atoms with Crippen LogP contribution in [0.3, 0.4) is 0 Å². The Balaban J connectivity index is 0.916. The maximum absolute atomic E-state index is 14.6. The molecule has 2 aliphatic heterocycles. The van der Waals surface area contributed by atoms with Crippen molar-refractivity contribution in [1.29, 1.82) is 0 Å². The molecule has 3 fully saturated rings. The number of hydrogen-bond donors (Lipinski definition) is 4. The molecule has 4 amide bonds. The number of likely N-dealkylation sites (tertiary alicyclic amines) is 2. The molecule has 2 aromatic heterocycles. The number of aromatic nitrogens is 4. The predicted octanol–water partition coefficient (Wildman–Crippen LogP) is 9.14. The van der Waals surface area contributed by atoms with Gasteiger partial charge in [-0.05, 0) is 76.4 Å². The summed E-state index contributed by atoms with van der Waals surface area (Å²) in [5, 5.41) is 9.48. The molecule has 5 aromatic carbocycles. The third-order valence-corrected chi connectivity index (χ3v) is 14.3. The largest absolute Gasteiger partial charge is 0.453 e. The van der Waals surface area contributed by atoms with Gasteiger partial charge in [0.2, 0.25) is 23.6 Å². The van der Waals surface area contributed by atoms with Gasteiger partial charge >= 0.3 is 6.09 Å². The summed E-state index contributed by atoms with van der Waals surface area (Å²) in [5.41, 5.74) is 5.89. The van der Waals surface area contributed by atoms with Crippen molar-refractivity contribution in [3.8, 4) is 11.1 Å². The molecule has 0 radical (unpaired) electrons. The SMILES string of the molecule is COC[C@H]1C[C@@H](c2nc3c(ccc4cc(-c5ccc6c(ccc7[nH]c([C@@H]8C[C@H](C)CN8C(=O)[C@@H](NC(=O)OC)C(C)C)nc76)c5)ccc43)[nH]2)N(C(=O)[C@H](NC(=O)C2CC(F)(F)C2)c2ccccc2)C1. The Labute approximate surface area is 397 Å². The number of hydrogen-bond acceptors (Lipinski definition) is 8. The summed E-state index contributed by atoms with van der Waals surface area (Å²) in [6.45, 7) is 7.27. The van der Waals surface area contributed by atoms with Crippen molar-refractivity contribution < 1.29 is 37.4 Å². The van der Waals surface area contributed by atoms with Crippen molar-refractivity contribution in [2.45, 2.75) is 76.5 Å². The zero-order valence-corrected chi connectivity index (χ0v) is 39.2. The average molecular weight is 939 g/mol. The number of ether oxygens (including phenoxy) is 2. The van der Waals surface area contributed by atoms with Crippen molar-refractivity contribution in [2.24, 2.45) is 23.7 Å². The number of alkyl carbamates (subject to hydrolysis) is 1. The minimum Gasteiger partial charge on any atom is -0.453 e. The average Bonchev–Trinajstić information content (AvgIpc) is 4.16. The summed E-state index contributed by atoms with van der Waals surface area (Å²) < 4.78 is 37.9. The molecule has 4 heterocycles. The topological polar surface area (TPSA) is 175 Å². The van der Waals surface area contributed by atoms with Crippen LogP contribution in [0.2, 0.25) is 0 Å². The maximum Gasteiger partial charge on any atom is 0.407 e. The molecule has 1 saturated carbocycles. The summed E-state index contributed by atoms with van der Waals surface area (Å²) in [7, 11) is 2.92. The number of rotatable bonds is 12. The van der Waals surface area contributed by atoms with Gasteiger partial charge in [0.15, 0.2) is 0 Å². The van der Waals surface area contributed by atoms with Crippen LogP contribution < -0.4 is 10.6 Å². The number of H-pyrrole nitrogens is 2. The Bertz CT molecular complexity index is 3110. The molecule has 14 nitrogen and oxygen atoms in total. The van der Waals surface area contributed by atoms with Crippen LogP contribution in [-0.2, 0) is 23.9 Å². The molecule has 16 heteroatoms. The number of imidazole rings is 2. The van der Waals surface area contributed by atoms with Crippen LogP contribution in [0.25, 0.3) is 54.7 Å². The molecular formula is C53H56F2N8O6. The Morgan fingerprint density at radius 2 is 1.33 bits per heavy atom. The molecule has 0 unspecified atom stereocenters. The molecule has 2 saturated heterocycles. The van der Waals surface area contributed by atoms with E-state index in [1.807, 2.05) is 36.9 Å². The van der Waals surface area contributed by atoms with E-state index in [-0.39, 0.29) is 35.6 Å². The number of aromatic amines is 2. The molecule has 10 rings (SSSR count). The zero-order chi connectivity index (χ0) is 48.3. The van der Waals surface area contributed by atoms with E-state index >= 15 is 0 Å². The molecule has 69 heavy (non-hydrogen) atoms. The van der Waals surface area contributed by atoms with Crippen LogP contribution >= 0.6 is 0 Å². The highest BCUT2D eigenvalue weighted by Crippen LogP contribution is 2.44. The fourth-order valence-corrected chi connectivity index (χ4v) is 10.7. The molecule has 4 N–H and O–H groups in total. The van der Waals surface area contributed by atoms with Crippen molar-refractivity contribution in [2.75, 3.05) is 33.9 Å². The highest BCUT2D eigenvalue weighted by molar-refractivity contribution is 6.07. The second kappa shape index (κ2) is 18.2. The monoisotopic (exact) mass is 938 g/mol. The number of carbonyl (C=O) groups is 4. The van der Waals surface area contributed by atoms with Gasteiger partial charge in [0.1, 0.15) is 23.7 Å². The van der Waals surface area contributed by atoms with E-state index in [0.29, 0.717) is 43.3 Å². The van der Waals surface area contributed by atoms with Gasteiger partial charge in [-0.15, -0.1) is 0 Å². The fraction of sp³-hybridized carbons (Fsp3) is 0.396. The molecule has 6 atom stereocenters. The van der Waals surface area contributed by atoms with Gasteiger partial charge in [-0.2, -0.15) is 0 Å². The molecule has 7 aromatic rings. The summed E-state index contributed by atoms with van der Waals surface area (Å²) in [6.07, 6.45) is -0.389. The van der Waals surface area contributed by atoms with Crippen LogP contribution in [0.5, 0.6) is 0 Å². The van der Waals surface area contributed by atoms with Crippen LogP contribution in [-0.4, -0.2) is 99.4 Å². The standard InChI is InChI=1S/C53H56F2N8O6/c1-28(2)43(61-52(67)69-5)50(65)62-25-29(3)19-41(62)47-56-39-17-13-34-21-32(11-15-37(34)45(39)58-47)33-12-16-38-35(22-33)14-18-40-46(38)59-48(57-40)42-20-30(27-68-4)26-63(42)51(66)44(31-9-7-6-8-10-31)60-49(64)36-23-53(54,55)24-36/h6-18,21-22,28-30,36,41-44H,19-20,23-27H2,1-5H3,(H,56,58)(H,57,59)(H,60,64)(H,61,67)/t29-,30-,41-,42-,43-,44+/m0/s1. The van der Waals surface area contributed by atoms with Crippen LogP contribution in [0.15, 0.2) is 91.0 Å². The second-order valence-electron chi connectivity index (χ2n) is 19.6. The molecular weight excluding hydrogens is 883 g/mol. The Kier molecular flexibility index (Phi) is 12.1. The first-order valence-electron chi connectivity index (χ1n) is 23.7. The first-order valence-corrected chi connectivity index (χ1v) is 23.7. The number of methoxy groups -OCH3 is 2. The highest BCUT2D eigenvalue weighted by atomic mass is 19.3. The third-order valence-electron chi connectivity index (χ3n) is 14.3. The normalized spacial score (nSPS) is 21.3. The van der Waals surface area contributed by atoms with Crippen molar-refractivity contribution in [3.05, 3.63) is 108 Å². The summed E-state index contributed by atoms with van der Waals surface area (Å²) >= 11 is 0. The number of fused-ring (bicyclic) bond motifs is 6. The smallest absolute Gasteiger partial charge is 0.407 e. The molecule has 358 valence electrons. The van der Waals surface area contributed by atoms with Gasteiger partial charge < -0.3 is 39.9 Å². The summed E-state index contributed by atoms with van der Waals surface area (Å²) in [5.74, 6) is -3.35. The summed E-state index contributed by atoms with van der Waals surface area (Å²) in [4.78, 5) is 74.8. The van der Waals surface area contributed by atoms with Gasteiger partial charge in [0.25, 0.3) is 0 Å².